The molecule has 3 aromatic rings. The second-order valence-electron chi connectivity index (χ2n) is 11.1. The summed E-state index contributed by atoms with van der Waals surface area (Å²) >= 11 is 0. The molecule has 1 unspecified atom stereocenters. The van der Waals surface area contributed by atoms with E-state index >= 15 is 0 Å². The quantitative estimate of drug-likeness (QED) is 0.0339. The highest BCUT2D eigenvalue weighted by Gasteiger charge is 2.49. The molecule has 0 aromatic heterocycles. The smallest absolute Gasteiger partial charge is 0.426 e. The van der Waals surface area contributed by atoms with Crippen LogP contribution in [-0.4, -0.2) is 66.9 Å². The number of amides is 2. The van der Waals surface area contributed by atoms with Gasteiger partial charge in [-0.25, -0.2) is 0 Å². The van der Waals surface area contributed by atoms with Crippen LogP contribution in [0.25, 0.3) is 0 Å². The van der Waals surface area contributed by atoms with E-state index < -0.39 is 34.5 Å². The van der Waals surface area contributed by atoms with E-state index in [2.05, 4.69) is 16.0 Å². The zero-order valence-corrected chi connectivity index (χ0v) is 26.3. The molecule has 0 radical (unpaired) electrons. The van der Waals surface area contributed by atoms with Gasteiger partial charge in [0.2, 0.25) is 11.8 Å². The van der Waals surface area contributed by atoms with Crippen LogP contribution in [0.5, 0.6) is 0 Å². The van der Waals surface area contributed by atoms with E-state index in [4.69, 9.17) is 15.7 Å². The molecule has 0 saturated heterocycles. The van der Waals surface area contributed by atoms with Crippen molar-refractivity contribution < 1.29 is 32.6 Å². The molecule has 1 aliphatic carbocycles. The van der Waals surface area contributed by atoms with Crippen molar-refractivity contribution in [2.75, 3.05) is 13.1 Å². The van der Waals surface area contributed by atoms with Crippen LogP contribution < -0.4 is 21.7 Å². The lowest BCUT2D eigenvalue weighted by Crippen LogP contribution is -2.56. The second kappa shape index (κ2) is 17.5. The van der Waals surface area contributed by atoms with Gasteiger partial charge in [0.25, 0.3) is 10.1 Å². The van der Waals surface area contributed by atoms with E-state index in [1.807, 2.05) is 60.7 Å². The molecule has 0 heterocycles. The van der Waals surface area contributed by atoms with Crippen molar-refractivity contribution in [3.63, 3.8) is 0 Å². The molecule has 1 atom stereocenters. The summed E-state index contributed by atoms with van der Waals surface area (Å²) in [6.45, 7) is 0.699. The van der Waals surface area contributed by atoms with Crippen molar-refractivity contribution in [1.29, 1.82) is 5.41 Å². The number of hydrogen-bond acceptors (Lipinski definition) is 7. The Bertz CT molecular complexity index is 1470. The predicted octanol–water partition coefficient (Wildman–Crippen LogP) is 2.19. The SMILES string of the molecule is N=C(N)NCCCC(NC(=O)C1(C(=O)NCC(c2ccccc2)c2ccccc2)CCCC1)B(O)O.O=S(=O)(O)c1ccccc1. The van der Waals surface area contributed by atoms with Gasteiger partial charge in [0.05, 0.1) is 10.8 Å². The number of benzene rings is 3. The first-order chi connectivity index (χ1) is 21.9. The third kappa shape index (κ3) is 10.7. The summed E-state index contributed by atoms with van der Waals surface area (Å²) in [5.74, 6) is -1.99. The van der Waals surface area contributed by atoms with Gasteiger partial charge in [0.15, 0.2) is 5.96 Å². The molecular formula is C32H42BN5O7S. The first kappa shape index (κ1) is 36.2. The molecule has 1 fully saturated rings. The van der Waals surface area contributed by atoms with Crippen LogP contribution in [0.3, 0.4) is 0 Å². The summed E-state index contributed by atoms with van der Waals surface area (Å²) in [7, 11) is -5.77. The van der Waals surface area contributed by atoms with Crippen molar-refractivity contribution in [2.24, 2.45) is 11.1 Å². The fraction of sp³-hybridized carbons (Fsp3) is 0.344. The van der Waals surface area contributed by atoms with Crippen LogP contribution in [0.2, 0.25) is 0 Å². The lowest BCUT2D eigenvalue weighted by molar-refractivity contribution is -0.143. The molecule has 0 aliphatic heterocycles. The first-order valence-electron chi connectivity index (χ1n) is 15.1. The number of guanidine groups is 1. The number of hydrogen-bond donors (Lipinski definition) is 8. The van der Waals surface area contributed by atoms with Gasteiger partial charge < -0.3 is 31.7 Å². The summed E-state index contributed by atoms with van der Waals surface area (Å²) in [6.07, 6.45) is 3.02. The topological polar surface area (TPSA) is 215 Å². The summed E-state index contributed by atoms with van der Waals surface area (Å²) in [5.41, 5.74) is 6.15. The van der Waals surface area contributed by atoms with Gasteiger partial charge in [-0.1, -0.05) is 91.7 Å². The van der Waals surface area contributed by atoms with Gasteiger partial charge in [0.1, 0.15) is 5.41 Å². The second-order valence-corrected chi connectivity index (χ2v) is 12.6. The van der Waals surface area contributed by atoms with Gasteiger partial charge in [-0.3, -0.25) is 19.6 Å². The molecule has 1 aliphatic rings. The van der Waals surface area contributed by atoms with Crippen LogP contribution in [0.15, 0.2) is 95.9 Å². The van der Waals surface area contributed by atoms with Gasteiger partial charge in [0, 0.05) is 19.0 Å². The first-order valence-corrected chi connectivity index (χ1v) is 16.5. The fourth-order valence-electron chi connectivity index (χ4n) is 5.44. The van der Waals surface area contributed by atoms with Gasteiger partial charge >= 0.3 is 7.12 Å². The molecule has 0 bridgehead atoms. The molecule has 246 valence electrons. The fourth-order valence-corrected chi connectivity index (χ4v) is 5.94. The van der Waals surface area contributed by atoms with Crippen molar-refractivity contribution in [2.45, 2.75) is 55.3 Å². The Kier molecular flexibility index (Phi) is 13.8. The van der Waals surface area contributed by atoms with Crippen molar-refractivity contribution in [3.05, 3.63) is 102 Å². The third-order valence-corrected chi connectivity index (χ3v) is 8.79. The Hall–Kier alpha value is -4.24. The molecule has 12 nitrogen and oxygen atoms in total. The molecule has 0 spiro atoms. The maximum absolute atomic E-state index is 13.5. The molecule has 2 amide bonds. The minimum absolute atomic E-state index is 0.0707. The Labute approximate surface area is 270 Å². The Morgan fingerprint density at radius 2 is 1.35 bits per heavy atom. The molecule has 46 heavy (non-hydrogen) atoms. The molecule has 1 saturated carbocycles. The number of carbonyl (C=O) groups is 2. The van der Waals surface area contributed by atoms with Gasteiger partial charge in [-0.15, -0.1) is 0 Å². The molecule has 3 aromatic carbocycles. The minimum Gasteiger partial charge on any atom is -0.426 e. The highest BCUT2D eigenvalue weighted by molar-refractivity contribution is 7.85. The van der Waals surface area contributed by atoms with Crippen LogP contribution in [0, 0.1) is 10.8 Å². The lowest BCUT2D eigenvalue weighted by atomic mass is 9.75. The number of nitrogens with two attached hydrogens (primary N) is 1. The maximum atomic E-state index is 13.5. The van der Waals surface area contributed by atoms with Gasteiger partial charge in [-0.2, -0.15) is 8.42 Å². The minimum atomic E-state index is -4.00. The average Bonchev–Trinajstić information content (AvgIpc) is 3.55. The molecule has 14 heteroatoms. The number of rotatable bonds is 13. The monoisotopic (exact) mass is 651 g/mol. The number of nitrogens with one attached hydrogen (secondary N) is 4. The summed E-state index contributed by atoms with van der Waals surface area (Å²) in [5, 5.41) is 35.2. The van der Waals surface area contributed by atoms with E-state index in [1.54, 1.807) is 18.2 Å². The third-order valence-electron chi connectivity index (χ3n) is 7.92. The number of carbonyl (C=O) groups excluding carboxylic acids is 2. The Balaban J connectivity index is 0.000000489. The Morgan fingerprint density at radius 1 is 0.848 bits per heavy atom. The Morgan fingerprint density at radius 3 is 1.78 bits per heavy atom. The molecular weight excluding hydrogens is 609 g/mol. The zero-order chi connectivity index (χ0) is 33.6. The molecule has 9 N–H and O–H groups in total. The van der Waals surface area contributed by atoms with E-state index in [-0.39, 0.29) is 29.1 Å². The largest absolute Gasteiger partial charge is 0.475 e. The van der Waals surface area contributed by atoms with Crippen molar-refractivity contribution >= 4 is 35.0 Å². The summed E-state index contributed by atoms with van der Waals surface area (Å²) < 4.78 is 29.2. The molecule has 4 rings (SSSR count). The van der Waals surface area contributed by atoms with Crippen molar-refractivity contribution in [1.82, 2.24) is 16.0 Å². The maximum Gasteiger partial charge on any atom is 0.475 e. The van der Waals surface area contributed by atoms with Crippen molar-refractivity contribution in [3.8, 4) is 0 Å². The average molecular weight is 652 g/mol. The van der Waals surface area contributed by atoms with Crippen LogP contribution in [-0.2, 0) is 19.7 Å². The van der Waals surface area contributed by atoms with Crippen LogP contribution in [0.1, 0.15) is 55.6 Å². The normalized spacial score (nSPS) is 14.3. The van der Waals surface area contributed by atoms with E-state index in [0.29, 0.717) is 32.4 Å². The highest BCUT2D eigenvalue weighted by atomic mass is 32.2. The standard InChI is InChI=1S/C26H36BN5O4.C6H6O3S/c28-25(29)30-17-9-14-22(27(35)36)32-24(34)26(15-7-8-16-26)23(33)31-18-21(19-10-3-1-4-11-19)20-12-5-2-6-13-20;7-10(8,9)6-4-2-1-3-5-6/h1-6,10-13,21-22,35-36H,7-9,14-18H2,(H,31,33)(H,32,34)(H4,28,29,30);1-5H,(H,7,8,9). The summed E-state index contributed by atoms with van der Waals surface area (Å²) in [4.78, 5) is 26.8. The van der Waals surface area contributed by atoms with E-state index in [0.717, 1.165) is 24.0 Å². The predicted molar refractivity (Wildman–Crippen MR) is 176 cm³/mol. The van der Waals surface area contributed by atoms with Gasteiger partial charge in [-0.05, 0) is 48.9 Å². The van der Waals surface area contributed by atoms with E-state index in [1.165, 1.54) is 12.1 Å². The van der Waals surface area contributed by atoms with Crippen LogP contribution >= 0.6 is 0 Å². The highest BCUT2D eigenvalue weighted by Crippen LogP contribution is 2.39. The zero-order valence-electron chi connectivity index (χ0n) is 25.5. The van der Waals surface area contributed by atoms with Crippen LogP contribution in [0.4, 0.5) is 0 Å². The lowest BCUT2D eigenvalue weighted by Gasteiger charge is -2.30. The van der Waals surface area contributed by atoms with E-state index in [9.17, 15) is 28.1 Å². The summed E-state index contributed by atoms with van der Waals surface area (Å²) in [6, 6.07) is 27.3.